The molecule has 6 nitrogen and oxygen atoms in total. The zero-order valence-corrected chi connectivity index (χ0v) is 38.1. The zero-order chi connectivity index (χ0) is 41.3. The minimum Gasteiger partial charge on any atom is 0 e. The van der Waals surface area contributed by atoms with E-state index in [4.69, 9.17) is 16.6 Å². The number of aromatic nitrogens is 4. The molecule has 5 heterocycles. The average molecular weight is 1000 g/mol. The Balaban J connectivity index is 0.000000182. The van der Waals surface area contributed by atoms with Crippen LogP contribution in [0.25, 0.3) is 83.4 Å². The summed E-state index contributed by atoms with van der Waals surface area (Å²) in [6.07, 6.45) is 0.502. The Morgan fingerprint density at radius 1 is 0.741 bits per heavy atom. The molecule has 0 saturated carbocycles. The molecule has 0 atom stereocenters. The van der Waals surface area contributed by atoms with Gasteiger partial charge in [0.1, 0.15) is 5.58 Å². The number of hydrogen-bond acceptors (Lipinski definition) is 5. The summed E-state index contributed by atoms with van der Waals surface area (Å²) < 4.78 is 33.5. The van der Waals surface area contributed by atoms with Crippen molar-refractivity contribution in [3.05, 3.63) is 151 Å². The number of benzene rings is 5. The molecular weight excluding hydrogens is 953 g/mol. The smallest absolute Gasteiger partial charge is 0 e. The van der Waals surface area contributed by atoms with Crippen molar-refractivity contribution in [3.63, 3.8) is 0 Å². The summed E-state index contributed by atoms with van der Waals surface area (Å²) in [5.74, 6) is 7.60. The molecular formula is C50H44GeIrN4O2-2. The van der Waals surface area contributed by atoms with Crippen LogP contribution in [0.5, 0.6) is 0 Å². The molecule has 5 aromatic heterocycles. The van der Waals surface area contributed by atoms with Crippen LogP contribution in [0.1, 0.15) is 34.8 Å². The van der Waals surface area contributed by atoms with Crippen molar-refractivity contribution in [3.8, 4) is 28.3 Å². The largest absolute Gasteiger partial charge is 0 e. The maximum atomic E-state index is 8.76. The van der Waals surface area contributed by atoms with Crippen molar-refractivity contribution in [2.24, 2.45) is 5.41 Å². The molecule has 5 aromatic carbocycles. The van der Waals surface area contributed by atoms with E-state index in [1.165, 1.54) is 0 Å². The van der Waals surface area contributed by atoms with Gasteiger partial charge in [0.2, 0.25) is 5.71 Å². The Morgan fingerprint density at radius 2 is 1.50 bits per heavy atom. The standard InChI is InChI=1S/C31H18N3O2.C19H26GeN.Ir/c1-18-16-17-22-21-9-6-11-23(28(21)36-31(22)32-18)30-33-24-12-3-4-13-25(24)34(30)26-14-7-10-20-19-8-2-5-15-27(19)35-29(20)26;1-19(2,3)13-16-12-18(15-10-8-7-9-11-15)21-14-17(16)20(4,5)6;/h2-10,12-17H,1H3;7-10,12,14H,13H2,1-6H3;/q2*-1;/i;13D2;. The number of imidazole rings is 1. The van der Waals surface area contributed by atoms with Crippen LogP contribution in [0.15, 0.2) is 136 Å². The molecule has 0 amide bonds. The summed E-state index contributed by atoms with van der Waals surface area (Å²) in [5.41, 5.74) is 9.53. The molecule has 8 heteroatoms. The Hall–Kier alpha value is -5.34. The number of hydrogen-bond donors (Lipinski definition) is 0. The molecule has 0 spiro atoms. The minimum atomic E-state index is -2.24. The van der Waals surface area contributed by atoms with E-state index in [-0.39, 0.29) is 20.1 Å². The van der Waals surface area contributed by atoms with Crippen LogP contribution >= 0.6 is 0 Å². The van der Waals surface area contributed by atoms with E-state index >= 15 is 0 Å². The molecule has 58 heavy (non-hydrogen) atoms. The van der Waals surface area contributed by atoms with Gasteiger partial charge in [0, 0.05) is 42.0 Å². The van der Waals surface area contributed by atoms with Crippen LogP contribution < -0.4 is 4.40 Å². The first-order chi connectivity index (χ1) is 28.2. The topological polar surface area (TPSA) is 69.9 Å². The summed E-state index contributed by atoms with van der Waals surface area (Å²) in [6, 6.07) is 46.8. The third-order valence-corrected chi connectivity index (χ3v) is 14.3. The minimum absolute atomic E-state index is 0. The summed E-state index contributed by atoms with van der Waals surface area (Å²) >= 11 is -2.24. The molecule has 0 saturated heterocycles. The van der Waals surface area contributed by atoms with Crippen LogP contribution in [-0.2, 0) is 26.5 Å². The van der Waals surface area contributed by atoms with E-state index in [1.54, 1.807) is 0 Å². The van der Waals surface area contributed by atoms with Gasteiger partial charge in [0.05, 0.1) is 28.1 Å². The Labute approximate surface area is 357 Å². The molecule has 1 radical (unpaired) electrons. The van der Waals surface area contributed by atoms with Crippen molar-refractivity contribution < 1.29 is 31.7 Å². The molecule has 0 fully saturated rings. The fraction of sp³-hybridized carbons (Fsp3) is 0.180. The van der Waals surface area contributed by atoms with Crippen LogP contribution in [-0.4, -0.2) is 32.8 Å². The first kappa shape index (κ1) is 37.0. The normalized spacial score (nSPS) is 12.7. The number of para-hydroxylation sites is 4. The second-order valence-electron chi connectivity index (χ2n) is 16.5. The zero-order valence-electron chi connectivity index (χ0n) is 35.6. The molecule has 291 valence electrons. The van der Waals surface area contributed by atoms with Gasteiger partial charge in [0.15, 0.2) is 5.58 Å². The van der Waals surface area contributed by atoms with Crippen molar-refractivity contribution in [1.29, 1.82) is 0 Å². The van der Waals surface area contributed by atoms with E-state index in [1.807, 2.05) is 119 Å². The second kappa shape index (κ2) is 15.4. The van der Waals surface area contributed by atoms with Gasteiger partial charge >= 0.3 is 135 Å². The van der Waals surface area contributed by atoms with Crippen molar-refractivity contribution in [2.45, 2.75) is 51.3 Å². The van der Waals surface area contributed by atoms with E-state index < -0.39 is 25.1 Å². The van der Waals surface area contributed by atoms with Crippen LogP contribution in [0, 0.1) is 24.5 Å². The maximum Gasteiger partial charge on any atom is 0 e. The molecule has 0 N–H and O–H groups in total. The van der Waals surface area contributed by atoms with Gasteiger partial charge in [-0.05, 0) is 43.3 Å². The van der Waals surface area contributed by atoms with Crippen molar-refractivity contribution in [2.75, 3.05) is 0 Å². The number of nitrogens with zero attached hydrogens (tertiary/aromatic N) is 4. The molecule has 0 aliphatic carbocycles. The fourth-order valence-electron chi connectivity index (χ4n) is 7.49. The van der Waals surface area contributed by atoms with Gasteiger partial charge < -0.3 is 13.4 Å². The van der Waals surface area contributed by atoms with Gasteiger partial charge in [-0.25, -0.2) is 4.98 Å². The van der Waals surface area contributed by atoms with Gasteiger partial charge in [-0.1, -0.05) is 53.4 Å². The van der Waals surface area contributed by atoms with Gasteiger partial charge in [0.25, 0.3) is 0 Å². The predicted octanol–water partition coefficient (Wildman–Crippen LogP) is 12.7. The molecule has 10 rings (SSSR count). The number of pyridine rings is 2. The summed E-state index contributed by atoms with van der Waals surface area (Å²) in [6.45, 7) is 7.84. The van der Waals surface area contributed by atoms with Crippen molar-refractivity contribution >= 4 is 72.7 Å². The van der Waals surface area contributed by atoms with Crippen LogP contribution in [0.3, 0.4) is 0 Å². The van der Waals surface area contributed by atoms with E-state index in [0.29, 0.717) is 5.71 Å². The number of furan rings is 2. The van der Waals surface area contributed by atoms with Gasteiger partial charge in [-0.3, -0.25) is 4.98 Å². The average Bonchev–Trinajstić information content (AvgIpc) is 3.91. The molecule has 0 aliphatic heterocycles. The molecule has 10 aromatic rings. The first-order valence-electron chi connectivity index (χ1n) is 20.3. The van der Waals surface area contributed by atoms with Crippen molar-refractivity contribution in [1.82, 2.24) is 19.5 Å². The van der Waals surface area contributed by atoms with Crippen LogP contribution in [0.4, 0.5) is 0 Å². The van der Waals surface area contributed by atoms with Gasteiger partial charge in [-0.15, -0.1) is 18.2 Å². The first-order valence-corrected chi connectivity index (χ1v) is 26.6. The summed E-state index contributed by atoms with van der Waals surface area (Å²) in [5, 5.41) is 4.13. The van der Waals surface area contributed by atoms with E-state index in [0.717, 1.165) is 93.3 Å². The van der Waals surface area contributed by atoms with E-state index in [2.05, 4.69) is 80.3 Å². The molecule has 0 unspecified atom stereocenters. The SMILES string of the molecule is Cc1ccc2c(n1)oc1c(-c3nc4ccccc4n3-c3cccc4c3oc3ccccc34)[c-]ccc12.[2H]C([2H])(c1cc(-c2[c-]cccc2)nc[c]1[Ge]([CH3])([CH3])[CH3])C(C)(C)C.[Ir]. The van der Waals surface area contributed by atoms with Crippen LogP contribution in [0.2, 0.25) is 17.3 Å². The third kappa shape index (κ3) is 7.43. The monoisotopic (exact) mass is 1000 g/mol. The van der Waals surface area contributed by atoms with Gasteiger partial charge in [-0.2, -0.15) is 0 Å². The second-order valence-corrected chi connectivity index (χ2v) is 27.1. The third-order valence-electron chi connectivity index (χ3n) is 10.1. The number of rotatable bonds is 5. The molecule has 0 bridgehead atoms. The Bertz CT molecular complexity index is 3190. The summed E-state index contributed by atoms with van der Waals surface area (Å²) in [4.78, 5) is 14.3. The fourth-order valence-corrected chi connectivity index (χ4v) is 10.4. The predicted molar refractivity (Wildman–Crippen MR) is 237 cm³/mol. The Kier molecular flexibility index (Phi) is 9.84. The number of fused-ring (bicyclic) bond motifs is 7. The maximum absolute atomic E-state index is 8.76. The van der Waals surface area contributed by atoms with E-state index in [9.17, 15) is 0 Å². The Morgan fingerprint density at radius 3 is 2.29 bits per heavy atom. The summed E-state index contributed by atoms with van der Waals surface area (Å²) in [7, 11) is 0. The quantitative estimate of drug-likeness (QED) is 0.127. The number of aryl methyl sites for hydroxylation is 1. The molecule has 0 aliphatic rings.